The Morgan fingerprint density at radius 3 is 2.36 bits per heavy atom. The summed E-state index contributed by atoms with van der Waals surface area (Å²) in [6, 6.07) is 9.62. The number of carbonyl (C=O) groups excluding carboxylic acids is 4. The van der Waals surface area contributed by atoms with Gasteiger partial charge >= 0.3 is 11.9 Å². The number of amides is 3. The zero-order valence-electron chi connectivity index (χ0n) is 20.9. The van der Waals surface area contributed by atoms with Gasteiger partial charge in [-0.3, -0.25) is 19.2 Å². The van der Waals surface area contributed by atoms with Crippen LogP contribution in [0.2, 0.25) is 10.0 Å². The van der Waals surface area contributed by atoms with Crippen LogP contribution in [0.5, 0.6) is 0 Å². The minimum Gasteiger partial charge on any atom is -0.481 e. The molecule has 1 aliphatic rings. The number of hydrogen-bond acceptors (Lipinski definition) is 7. The van der Waals surface area contributed by atoms with Crippen molar-refractivity contribution in [1.29, 1.82) is 0 Å². The summed E-state index contributed by atoms with van der Waals surface area (Å²) in [4.78, 5) is 62.8. The number of hydrogen-bond donors (Lipinski definition) is 3. The van der Waals surface area contributed by atoms with Crippen molar-refractivity contribution < 1.29 is 33.8 Å². The highest BCUT2D eigenvalue weighted by molar-refractivity contribution is 7.99. The minimum absolute atomic E-state index is 0.0165. The van der Waals surface area contributed by atoms with Gasteiger partial charge in [0.1, 0.15) is 12.1 Å². The average Bonchev–Trinajstić information content (AvgIpc) is 3.39. The number of methoxy groups -OCH3 is 1. The molecular formula is C26H27Cl2N3O7S. The van der Waals surface area contributed by atoms with Crippen LogP contribution in [0.25, 0.3) is 0 Å². The Morgan fingerprint density at radius 1 is 1.08 bits per heavy atom. The van der Waals surface area contributed by atoms with Gasteiger partial charge in [-0.25, -0.2) is 4.79 Å². The first-order valence-electron chi connectivity index (χ1n) is 11.9. The van der Waals surface area contributed by atoms with Gasteiger partial charge in [0.25, 0.3) is 5.91 Å². The number of carbonyl (C=O) groups is 5. The summed E-state index contributed by atoms with van der Waals surface area (Å²) in [5.41, 5.74) is 1.30. The molecule has 0 saturated carbocycles. The van der Waals surface area contributed by atoms with E-state index in [4.69, 9.17) is 33.0 Å². The Bertz CT molecular complexity index is 1220. The van der Waals surface area contributed by atoms with Gasteiger partial charge in [-0.2, -0.15) is 0 Å². The van der Waals surface area contributed by atoms with E-state index in [1.807, 2.05) is 0 Å². The van der Waals surface area contributed by atoms with Crippen LogP contribution in [0, 0.1) is 0 Å². The second kappa shape index (κ2) is 14.2. The highest BCUT2D eigenvalue weighted by Crippen LogP contribution is 2.26. The zero-order valence-corrected chi connectivity index (χ0v) is 23.3. The van der Waals surface area contributed by atoms with Crippen LogP contribution in [0.3, 0.4) is 0 Å². The van der Waals surface area contributed by atoms with Crippen LogP contribution in [0.4, 0.5) is 5.69 Å². The summed E-state index contributed by atoms with van der Waals surface area (Å²) < 4.78 is 4.87. The van der Waals surface area contributed by atoms with E-state index in [1.54, 1.807) is 42.5 Å². The molecule has 0 aliphatic carbocycles. The van der Waals surface area contributed by atoms with Crippen LogP contribution >= 0.6 is 35.0 Å². The predicted octanol–water partition coefficient (Wildman–Crippen LogP) is 3.60. The largest absolute Gasteiger partial charge is 0.481 e. The second-order valence-electron chi connectivity index (χ2n) is 8.66. The third kappa shape index (κ3) is 8.35. The van der Waals surface area contributed by atoms with Crippen molar-refractivity contribution in [2.24, 2.45) is 0 Å². The molecule has 2 aromatic carbocycles. The lowest BCUT2D eigenvalue weighted by atomic mass is 10.0. The van der Waals surface area contributed by atoms with Crippen molar-refractivity contribution in [2.45, 2.75) is 37.8 Å². The number of anilines is 1. The fourth-order valence-corrected chi connectivity index (χ4v) is 5.66. The number of nitrogens with zero attached hydrogens (tertiary/aromatic N) is 1. The lowest BCUT2D eigenvalue weighted by Gasteiger charge is -2.25. The monoisotopic (exact) mass is 595 g/mol. The first-order valence-corrected chi connectivity index (χ1v) is 13.8. The smallest absolute Gasteiger partial charge is 0.328 e. The number of aliphatic carboxylic acids is 1. The topological polar surface area (TPSA) is 142 Å². The van der Waals surface area contributed by atoms with Crippen molar-refractivity contribution in [2.75, 3.05) is 24.1 Å². The van der Waals surface area contributed by atoms with Gasteiger partial charge < -0.3 is 25.4 Å². The quantitative estimate of drug-likeness (QED) is 0.334. The highest BCUT2D eigenvalue weighted by Gasteiger charge is 2.36. The number of thioether (sulfide) groups is 1. The van der Waals surface area contributed by atoms with E-state index in [-0.39, 0.29) is 47.2 Å². The molecule has 1 heterocycles. The zero-order chi connectivity index (χ0) is 28.5. The van der Waals surface area contributed by atoms with Gasteiger partial charge in [0.15, 0.2) is 0 Å². The number of halogens is 2. The van der Waals surface area contributed by atoms with Crippen molar-refractivity contribution in [3.63, 3.8) is 0 Å². The van der Waals surface area contributed by atoms with E-state index < -0.39 is 35.8 Å². The van der Waals surface area contributed by atoms with Gasteiger partial charge in [-0.1, -0.05) is 41.4 Å². The molecule has 0 radical (unpaired) electrons. The lowest BCUT2D eigenvalue weighted by molar-refractivity contribution is -0.146. The molecule has 2 aromatic rings. The third-order valence-corrected chi connectivity index (χ3v) is 7.57. The van der Waals surface area contributed by atoms with Crippen molar-refractivity contribution >= 4 is 70.3 Å². The highest BCUT2D eigenvalue weighted by atomic mass is 35.5. The molecule has 1 fully saturated rings. The number of rotatable bonds is 11. The molecule has 208 valence electrons. The molecular weight excluding hydrogens is 569 g/mol. The van der Waals surface area contributed by atoms with Gasteiger partial charge in [0.05, 0.1) is 28.6 Å². The fraction of sp³-hybridized carbons (Fsp3) is 0.346. The maximum Gasteiger partial charge on any atom is 0.328 e. The Hall–Kier alpha value is -3.28. The summed E-state index contributed by atoms with van der Waals surface area (Å²) in [5, 5.41) is 14.6. The van der Waals surface area contributed by atoms with Crippen LogP contribution in [0.1, 0.15) is 35.2 Å². The van der Waals surface area contributed by atoms with Gasteiger partial charge in [-0.05, 0) is 36.2 Å². The van der Waals surface area contributed by atoms with Gasteiger partial charge in [0, 0.05) is 30.7 Å². The van der Waals surface area contributed by atoms with Crippen LogP contribution < -0.4 is 10.6 Å². The first kappa shape index (κ1) is 30.3. The molecule has 1 unspecified atom stereocenters. The maximum absolute atomic E-state index is 13.0. The molecule has 0 bridgehead atoms. The molecule has 2 atom stereocenters. The number of nitrogens with one attached hydrogen (secondary N) is 2. The maximum atomic E-state index is 13.0. The summed E-state index contributed by atoms with van der Waals surface area (Å²) in [6.07, 6.45) is 0.165. The summed E-state index contributed by atoms with van der Waals surface area (Å²) >= 11 is 13.6. The Kier molecular flexibility index (Phi) is 11.0. The molecule has 3 amide bonds. The SMILES string of the molecule is COC(=O)C(Cc1ccc(NC(=O)c2c(Cl)cccc2Cl)cc1)NC(=O)[C@H]1CSCN1C(=O)CCCC(=O)O. The number of esters is 1. The minimum atomic E-state index is -1.01. The van der Waals surface area contributed by atoms with Gasteiger partial charge in [0.2, 0.25) is 11.8 Å². The average molecular weight is 596 g/mol. The number of ether oxygens (including phenoxy) is 1. The van der Waals surface area contributed by atoms with E-state index in [9.17, 15) is 24.0 Å². The molecule has 10 nitrogen and oxygen atoms in total. The van der Waals surface area contributed by atoms with E-state index in [0.717, 1.165) is 0 Å². The van der Waals surface area contributed by atoms with E-state index >= 15 is 0 Å². The van der Waals surface area contributed by atoms with E-state index in [2.05, 4.69) is 10.6 Å². The molecule has 39 heavy (non-hydrogen) atoms. The number of carboxylic acids is 1. The number of benzene rings is 2. The Morgan fingerprint density at radius 2 is 1.74 bits per heavy atom. The van der Waals surface area contributed by atoms with Crippen molar-refractivity contribution in [1.82, 2.24) is 10.2 Å². The lowest BCUT2D eigenvalue weighted by Crippen LogP contribution is -2.52. The second-order valence-corrected chi connectivity index (χ2v) is 10.5. The normalized spacial score (nSPS) is 15.4. The molecule has 1 saturated heterocycles. The standard InChI is InChI=1S/C26H27Cl2N3O7S/c1-38-26(37)19(30-24(35)20-13-39-14-31(20)21(32)6-3-7-22(33)34)12-15-8-10-16(11-9-15)29-25(36)23-17(27)4-2-5-18(23)28/h2,4-5,8-11,19-20H,3,6-7,12-14H2,1H3,(H,29,36)(H,30,35)(H,33,34)/t19?,20-/m1/s1. The van der Waals surface area contributed by atoms with Gasteiger partial charge in [-0.15, -0.1) is 11.8 Å². The summed E-state index contributed by atoms with van der Waals surface area (Å²) in [7, 11) is 1.21. The van der Waals surface area contributed by atoms with E-state index in [0.29, 0.717) is 22.9 Å². The fourth-order valence-electron chi connectivity index (χ4n) is 3.91. The van der Waals surface area contributed by atoms with Crippen LogP contribution in [-0.4, -0.2) is 70.5 Å². The first-order chi connectivity index (χ1) is 18.6. The van der Waals surface area contributed by atoms with Crippen LogP contribution in [-0.2, 0) is 30.3 Å². The molecule has 1 aliphatic heterocycles. The number of carboxylic acid groups (broad SMARTS) is 1. The predicted molar refractivity (Wildman–Crippen MR) is 148 cm³/mol. The van der Waals surface area contributed by atoms with Crippen molar-refractivity contribution in [3.8, 4) is 0 Å². The summed E-state index contributed by atoms with van der Waals surface area (Å²) in [6.45, 7) is 0. The Labute approximate surface area is 239 Å². The van der Waals surface area contributed by atoms with E-state index in [1.165, 1.54) is 23.8 Å². The molecule has 3 N–H and O–H groups in total. The molecule has 0 aromatic heterocycles. The third-order valence-electron chi connectivity index (χ3n) is 5.93. The molecule has 3 rings (SSSR count). The molecule has 13 heteroatoms. The molecule has 0 spiro atoms. The van der Waals surface area contributed by atoms with Crippen LogP contribution in [0.15, 0.2) is 42.5 Å². The van der Waals surface area contributed by atoms with Crippen molar-refractivity contribution in [3.05, 3.63) is 63.6 Å². The summed E-state index contributed by atoms with van der Waals surface area (Å²) in [5.74, 6) is -2.27. The Balaban J connectivity index is 1.63.